The number of aromatic hydroxyl groups is 1. The fourth-order valence-electron chi connectivity index (χ4n) is 3.56. The number of aromatic nitrogens is 1. The van der Waals surface area contributed by atoms with Crippen LogP contribution in [0.1, 0.15) is 37.7 Å². The van der Waals surface area contributed by atoms with Crippen LogP contribution in [-0.4, -0.2) is 32.1 Å². The third-order valence-electron chi connectivity index (χ3n) is 4.90. The highest BCUT2D eigenvalue weighted by molar-refractivity contribution is 8.18. The lowest BCUT2D eigenvalue weighted by atomic mass is 9.94. The number of amidine groups is 1. The fraction of sp³-hybridized carbons (Fsp3) is 0.286. The van der Waals surface area contributed by atoms with Crippen molar-refractivity contribution < 1.29 is 9.90 Å². The van der Waals surface area contributed by atoms with Crippen LogP contribution in [-0.2, 0) is 4.79 Å². The molecule has 1 N–H and O–H groups in total. The van der Waals surface area contributed by atoms with Gasteiger partial charge in [0.15, 0.2) is 10.3 Å². The number of aliphatic imine (C=N–C) groups is 1. The van der Waals surface area contributed by atoms with Crippen molar-refractivity contribution in [3.8, 4) is 5.75 Å². The minimum atomic E-state index is -0.0426. The predicted octanol–water partition coefficient (Wildman–Crippen LogP) is 5.38. The largest absolute Gasteiger partial charge is 0.508 e. The van der Waals surface area contributed by atoms with Gasteiger partial charge in [0.2, 0.25) is 0 Å². The van der Waals surface area contributed by atoms with Gasteiger partial charge in [-0.05, 0) is 60.5 Å². The van der Waals surface area contributed by atoms with Gasteiger partial charge in [0.25, 0.3) is 5.91 Å². The summed E-state index contributed by atoms with van der Waals surface area (Å²) in [5.41, 5.74) is 1.33. The molecular formula is C21H20ClN3O2S. The number of carbonyl (C=O) groups is 1. The number of hydrogen-bond acceptors (Lipinski definition) is 5. The molecule has 0 spiro atoms. The van der Waals surface area contributed by atoms with Gasteiger partial charge >= 0.3 is 0 Å². The highest BCUT2D eigenvalue weighted by Gasteiger charge is 2.38. The van der Waals surface area contributed by atoms with Crippen molar-refractivity contribution in [2.45, 2.75) is 38.1 Å². The van der Waals surface area contributed by atoms with Crippen LogP contribution < -0.4 is 0 Å². The number of thioether (sulfide) groups is 1. The van der Waals surface area contributed by atoms with Crippen LogP contribution >= 0.6 is 23.4 Å². The molecule has 1 aromatic carbocycles. The minimum absolute atomic E-state index is 0.0426. The van der Waals surface area contributed by atoms with Crippen molar-refractivity contribution in [1.82, 2.24) is 9.88 Å². The van der Waals surface area contributed by atoms with Crippen molar-refractivity contribution >= 4 is 46.2 Å². The molecule has 4 rings (SSSR count). The maximum Gasteiger partial charge on any atom is 0.267 e. The third kappa shape index (κ3) is 4.08. The monoisotopic (exact) mass is 413 g/mol. The Hall–Kier alpha value is -2.31. The molecule has 1 amide bonds. The second kappa shape index (κ2) is 8.37. The zero-order valence-corrected chi connectivity index (χ0v) is 16.8. The molecule has 28 heavy (non-hydrogen) atoms. The molecule has 2 fully saturated rings. The molecule has 5 nitrogen and oxygen atoms in total. The van der Waals surface area contributed by atoms with E-state index >= 15 is 0 Å². The standard InChI is InChI=1S/C21H20ClN3O2S/c22-19-17(10-5-11-23-19)24-21-25(15-7-2-1-3-8-15)20(27)18(28-21)13-14-6-4-9-16(26)12-14/h4-6,9-13,15,26H,1-3,7-8H2/b18-13-,24-21?. The lowest BCUT2D eigenvalue weighted by molar-refractivity contribution is -0.124. The average molecular weight is 414 g/mol. The van der Waals surface area contributed by atoms with Crippen LogP contribution in [0.3, 0.4) is 0 Å². The Labute approximate surface area is 173 Å². The van der Waals surface area contributed by atoms with E-state index in [2.05, 4.69) is 9.98 Å². The average Bonchev–Trinajstić information content (AvgIpc) is 2.99. The van der Waals surface area contributed by atoms with E-state index in [1.54, 1.807) is 42.6 Å². The maximum atomic E-state index is 13.2. The first-order valence-electron chi connectivity index (χ1n) is 9.33. The van der Waals surface area contributed by atoms with Crippen molar-refractivity contribution in [3.63, 3.8) is 0 Å². The number of phenolic OH excluding ortho intramolecular Hbond substituents is 1. The SMILES string of the molecule is O=C1/C(=C/c2cccc(O)c2)SC(=Nc2cccnc2Cl)N1C1CCCCC1. The molecule has 1 aromatic heterocycles. The second-order valence-electron chi connectivity index (χ2n) is 6.88. The van der Waals surface area contributed by atoms with Gasteiger partial charge in [-0.3, -0.25) is 9.69 Å². The van der Waals surface area contributed by atoms with Crippen LogP contribution in [0.15, 0.2) is 52.5 Å². The summed E-state index contributed by atoms with van der Waals surface area (Å²) in [5.74, 6) is 0.129. The molecule has 0 bridgehead atoms. The molecule has 0 unspecified atom stereocenters. The Balaban J connectivity index is 1.72. The lowest BCUT2D eigenvalue weighted by Crippen LogP contribution is -2.40. The molecule has 7 heteroatoms. The van der Waals surface area contributed by atoms with Crippen molar-refractivity contribution in [2.75, 3.05) is 0 Å². The van der Waals surface area contributed by atoms with Crippen molar-refractivity contribution in [1.29, 1.82) is 0 Å². The van der Waals surface area contributed by atoms with Gasteiger partial charge in [-0.2, -0.15) is 0 Å². The quantitative estimate of drug-likeness (QED) is 0.542. The number of amides is 1. The van der Waals surface area contributed by atoms with Gasteiger partial charge in [0.1, 0.15) is 11.4 Å². The van der Waals surface area contributed by atoms with Crippen LogP contribution in [0.4, 0.5) is 5.69 Å². The smallest absolute Gasteiger partial charge is 0.267 e. The molecule has 1 saturated carbocycles. The summed E-state index contributed by atoms with van der Waals surface area (Å²) in [6.45, 7) is 0. The van der Waals surface area contributed by atoms with Gasteiger partial charge in [-0.15, -0.1) is 0 Å². The summed E-state index contributed by atoms with van der Waals surface area (Å²) in [7, 11) is 0. The summed E-state index contributed by atoms with van der Waals surface area (Å²) >= 11 is 7.53. The number of rotatable bonds is 3. The van der Waals surface area contributed by atoms with Crippen LogP contribution in [0.25, 0.3) is 6.08 Å². The van der Waals surface area contributed by atoms with E-state index in [-0.39, 0.29) is 17.7 Å². The summed E-state index contributed by atoms with van der Waals surface area (Å²) < 4.78 is 0. The van der Waals surface area contributed by atoms with Gasteiger partial charge in [0, 0.05) is 12.2 Å². The Kier molecular flexibility index (Phi) is 5.69. The molecule has 1 aliphatic heterocycles. The molecule has 2 aromatic rings. The van der Waals surface area contributed by atoms with E-state index in [1.165, 1.54) is 18.2 Å². The van der Waals surface area contributed by atoms with Crippen LogP contribution in [0.5, 0.6) is 5.75 Å². The molecule has 2 aliphatic rings. The van der Waals surface area contributed by atoms with Crippen LogP contribution in [0, 0.1) is 0 Å². The summed E-state index contributed by atoms with van der Waals surface area (Å²) in [5, 5.41) is 10.7. The number of phenols is 1. The Morgan fingerprint density at radius 1 is 1.21 bits per heavy atom. The van der Waals surface area contributed by atoms with E-state index in [0.717, 1.165) is 31.2 Å². The number of hydrogen-bond donors (Lipinski definition) is 1. The lowest BCUT2D eigenvalue weighted by Gasteiger charge is -2.30. The van der Waals surface area contributed by atoms with E-state index in [4.69, 9.17) is 11.6 Å². The van der Waals surface area contributed by atoms with E-state index in [9.17, 15) is 9.90 Å². The fourth-order valence-corrected chi connectivity index (χ4v) is 4.77. The van der Waals surface area contributed by atoms with Gasteiger partial charge < -0.3 is 5.11 Å². The van der Waals surface area contributed by atoms with Crippen molar-refractivity contribution in [3.05, 3.63) is 58.2 Å². The molecule has 0 atom stereocenters. The first-order valence-corrected chi connectivity index (χ1v) is 10.5. The summed E-state index contributed by atoms with van der Waals surface area (Å²) in [6, 6.07) is 10.6. The zero-order chi connectivity index (χ0) is 19.5. The van der Waals surface area contributed by atoms with E-state index < -0.39 is 0 Å². The van der Waals surface area contributed by atoms with E-state index in [0.29, 0.717) is 20.9 Å². The number of carbonyl (C=O) groups excluding carboxylic acids is 1. The number of benzene rings is 1. The Morgan fingerprint density at radius 3 is 2.79 bits per heavy atom. The van der Waals surface area contributed by atoms with Gasteiger partial charge in [-0.1, -0.05) is 43.0 Å². The summed E-state index contributed by atoms with van der Waals surface area (Å²) in [4.78, 5) is 24.4. The molecule has 2 heterocycles. The Bertz CT molecular complexity index is 954. The number of pyridine rings is 1. The maximum absolute atomic E-state index is 13.2. The molecule has 1 saturated heterocycles. The second-order valence-corrected chi connectivity index (χ2v) is 8.25. The normalized spacial score (nSPS) is 21.0. The molecular weight excluding hydrogens is 394 g/mol. The molecule has 0 radical (unpaired) electrons. The number of halogens is 1. The van der Waals surface area contributed by atoms with Crippen molar-refractivity contribution in [2.24, 2.45) is 4.99 Å². The molecule has 1 aliphatic carbocycles. The van der Waals surface area contributed by atoms with Crippen LogP contribution in [0.2, 0.25) is 5.15 Å². The predicted molar refractivity (Wildman–Crippen MR) is 114 cm³/mol. The zero-order valence-electron chi connectivity index (χ0n) is 15.2. The highest BCUT2D eigenvalue weighted by Crippen LogP contribution is 2.39. The highest BCUT2D eigenvalue weighted by atomic mass is 35.5. The summed E-state index contributed by atoms with van der Waals surface area (Å²) in [6.07, 6.45) is 8.81. The molecule has 144 valence electrons. The first-order chi connectivity index (χ1) is 13.6. The topological polar surface area (TPSA) is 65.8 Å². The van der Waals surface area contributed by atoms with E-state index in [1.807, 2.05) is 11.0 Å². The Morgan fingerprint density at radius 2 is 2.04 bits per heavy atom. The third-order valence-corrected chi connectivity index (χ3v) is 6.17. The first kappa shape index (κ1) is 19.0. The number of nitrogens with zero attached hydrogens (tertiary/aromatic N) is 3. The van der Waals surface area contributed by atoms with Gasteiger partial charge in [0.05, 0.1) is 4.91 Å². The minimum Gasteiger partial charge on any atom is -0.508 e. The van der Waals surface area contributed by atoms with Gasteiger partial charge in [-0.25, -0.2) is 9.98 Å².